The summed E-state index contributed by atoms with van der Waals surface area (Å²) in [4.78, 5) is 4.98. The molecule has 33 heavy (non-hydrogen) atoms. The van der Waals surface area contributed by atoms with Gasteiger partial charge < -0.3 is 18.9 Å². The van der Waals surface area contributed by atoms with Gasteiger partial charge in [0.05, 0.1) is 25.1 Å². The Morgan fingerprint density at radius 3 is 2.45 bits per heavy atom. The number of para-hydroxylation sites is 2. The molecule has 2 aromatic carbocycles. The smallest absolute Gasteiger partial charge is 0.142 e. The maximum Gasteiger partial charge on any atom is 0.142 e. The second kappa shape index (κ2) is 11.8. The third kappa shape index (κ3) is 6.75. The summed E-state index contributed by atoms with van der Waals surface area (Å²) in [6.07, 6.45) is 4.07. The number of ether oxygens (including phenoxy) is 2. The molecule has 3 aromatic rings. The first kappa shape index (κ1) is 23.2. The standard InChI is InChI=1S/C27H35N3O3/c1-22-21-24(28-33-22)12-9-23-10-13-25(14-11-23)32-20-6-5-15-29-16-18-30(19-17-29)26-7-3-4-8-27(26)31-2/h3-4,7-8,10-11,13-14,21H,5-6,9,12,15-20H2,1-2H3. The minimum absolute atomic E-state index is 0.763. The van der Waals surface area contributed by atoms with Crippen LogP contribution in [0, 0.1) is 6.92 Å². The van der Waals surface area contributed by atoms with Crippen molar-refractivity contribution in [2.45, 2.75) is 32.6 Å². The monoisotopic (exact) mass is 449 g/mol. The minimum Gasteiger partial charge on any atom is -0.495 e. The first-order valence-electron chi connectivity index (χ1n) is 12.0. The Balaban J connectivity index is 1.09. The van der Waals surface area contributed by atoms with Gasteiger partial charge in [-0.1, -0.05) is 29.4 Å². The molecule has 1 saturated heterocycles. The van der Waals surface area contributed by atoms with Crippen molar-refractivity contribution >= 4 is 5.69 Å². The van der Waals surface area contributed by atoms with E-state index in [0.29, 0.717) is 0 Å². The van der Waals surface area contributed by atoms with Gasteiger partial charge in [-0.05, 0) is 69.0 Å². The average Bonchev–Trinajstić information content (AvgIpc) is 3.28. The minimum atomic E-state index is 0.763. The lowest BCUT2D eigenvalue weighted by Gasteiger charge is -2.36. The second-order valence-corrected chi connectivity index (χ2v) is 8.63. The highest BCUT2D eigenvalue weighted by molar-refractivity contribution is 5.58. The fourth-order valence-corrected chi connectivity index (χ4v) is 4.29. The van der Waals surface area contributed by atoms with Crippen molar-refractivity contribution < 1.29 is 14.0 Å². The predicted molar refractivity (Wildman–Crippen MR) is 131 cm³/mol. The van der Waals surface area contributed by atoms with Crippen LogP contribution >= 0.6 is 0 Å². The van der Waals surface area contributed by atoms with E-state index < -0.39 is 0 Å². The number of hydrogen-bond acceptors (Lipinski definition) is 6. The van der Waals surface area contributed by atoms with Crippen LogP contribution in [0.2, 0.25) is 0 Å². The third-order valence-electron chi connectivity index (χ3n) is 6.21. The van der Waals surface area contributed by atoms with Gasteiger partial charge >= 0.3 is 0 Å². The van der Waals surface area contributed by atoms with Gasteiger partial charge in [-0.25, -0.2) is 0 Å². The molecule has 0 amide bonds. The summed E-state index contributed by atoms with van der Waals surface area (Å²) in [5.74, 6) is 2.77. The van der Waals surface area contributed by atoms with Crippen molar-refractivity contribution in [1.29, 1.82) is 0 Å². The number of piperazine rings is 1. The van der Waals surface area contributed by atoms with Gasteiger partial charge in [0.15, 0.2) is 0 Å². The van der Waals surface area contributed by atoms with Gasteiger partial charge in [-0.3, -0.25) is 4.90 Å². The van der Waals surface area contributed by atoms with E-state index in [1.807, 2.05) is 25.1 Å². The summed E-state index contributed by atoms with van der Waals surface area (Å²) in [5.41, 5.74) is 3.50. The summed E-state index contributed by atoms with van der Waals surface area (Å²) in [7, 11) is 1.74. The third-order valence-corrected chi connectivity index (χ3v) is 6.21. The summed E-state index contributed by atoms with van der Waals surface area (Å²) >= 11 is 0. The number of methoxy groups -OCH3 is 1. The van der Waals surface area contributed by atoms with Gasteiger partial charge in [0, 0.05) is 32.2 Å². The Hall–Kier alpha value is -2.99. The van der Waals surface area contributed by atoms with E-state index in [1.54, 1.807) is 7.11 Å². The maximum absolute atomic E-state index is 5.95. The highest BCUT2D eigenvalue weighted by Gasteiger charge is 2.19. The Bertz CT molecular complexity index is 978. The van der Waals surface area contributed by atoms with Crippen molar-refractivity contribution in [1.82, 2.24) is 10.1 Å². The molecular weight excluding hydrogens is 414 g/mol. The van der Waals surface area contributed by atoms with Crippen LogP contribution in [0.3, 0.4) is 0 Å². The van der Waals surface area contributed by atoms with Crippen LogP contribution in [0.15, 0.2) is 59.1 Å². The van der Waals surface area contributed by atoms with Crippen LogP contribution < -0.4 is 14.4 Å². The summed E-state index contributed by atoms with van der Waals surface area (Å²) in [6, 6.07) is 18.7. The highest BCUT2D eigenvalue weighted by atomic mass is 16.5. The maximum atomic E-state index is 5.95. The molecule has 1 aliphatic heterocycles. The molecule has 0 bridgehead atoms. The number of hydrogen-bond donors (Lipinski definition) is 0. The van der Waals surface area contributed by atoms with Gasteiger partial charge in [-0.2, -0.15) is 0 Å². The molecule has 176 valence electrons. The molecule has 0 atom stereocenters. The van der Waals surface area contributed by atoms with Crippen molar-refractivity contribution in [3.05, 3.63) is 71.6 Å². The van der Waals surface area contributed by atoms with E-state index in [-0.39, 0.29) is 0 Å². The topological polar surface area (TPSA) is 51.0 Å². The van der Waals surface area contributed by atoms with Crippen molar-refractivity contribution in [2.24, 2.45) is 0 Å². The first-order chi connectivity index (χ1) is 16.2. The molecule has 1 fully saturated rings. The number of aromatic nitrogens is 1. The van der Waals surface area contributed by atoms with E-state index in [9.17, 15) is 0 Å². The Labute approximate surface area is 197 Å². The second-order valence-electron chi connectivity index (χ2n) is 8.63. The molecule has 0 saturated carbocycles. The molecule has 0 aliphatic carbocycles. The Kier molecular flexibility index (Phi) is 8.25. The molecule has 0 N–H and O–H groups in total. The lowest BCUT2D eigenvalue weighted by molar-refractivity contribution is 0.238. The van der Waals surface area contributed by atoms with Crippen LogP contribution in [0.4, 0.5) is 5.69 Å². The van der Waals surface area contributed by atoms with Gasteiger partial charge in [-0.15, -0.1) is 0 Å². The Morgan fingerprint density at radius 2 is 1.73 bits per heavy atom. The SMILES string of the molecule is COc1ccccc1N1CCN(CCCCOc2ccc(CCc3cc(C)on3)cc2)CC1. The number of nitrogens with zero attached hydrogens (tertiary/aromatic N) is 3. The molecule has 4 rings (SSSR count). The van der Waals surface area contributed by atoms with Crippen LogP contribution in [0.25, 0.3) is 0 Å². The quantitative estimate of drug-likeness (QED) is 0.394. The summed E-state index contributed by atoms with van der Waals surface area (Å²) in [6.45, 7) is 8.08. The van der Waals surface area contributed by atoms with E-state index in [0.717, 1.165) is 88.0 Å². The zero-order chi connectivity index (χ0) is 22.9. The number of rotatable bonds is 11. The largest absolute Gasteiger partial charge is 0.495 e. The number of unbranched alkanes of at least 4 members (excludes halogenated alkanes) is 1. The van der Waals surface area contributed by atoms with E-state index in [1.165, 1.54) is 11.3 Å². The zero-order valence-electron chi connectivity index (χ0n) is 19.8. The predicted octanol–water partition coefficient (Wildman–Crippen LogP) is 4.76. The Morgan fingerprint density at radius 1 is 0.939 bits per heavy atom. The number of anilines is 1. The fourth-order valence-electron chi connectivity index (χ4n) is 4.29. The summed E-state index contributed by atoms with van der Waals surface area (Å²) in [5, 5.41) is 4.05. The average molecular weight is 450 g/mol. The lowest BCUT2D eigenvalue weighted by Crippen LogP contribution is -2.46. The molecule has 6 nitrogen and oxygen atoms in total. The molecule has 0 unspecified atom stereocenters. The van der Waals surface area contributed by atoms with Crippen molar-refractivity contribution in [3.63, 3.8) is 0 Å². The zero-order valence-corrected chi connectivity index (χ0v) is 19.8. The highest BCUT2D eigenvalue weighted by Crippen LogP contribution is 2.28. The molecule has 1 aliphatic rings. The van der Waals surface area contributed by atoms with Gasteiger partial charge in [0.25, 0.3) is 0 Å². The van der Waals surface area contributed by atoms with Crippen LogP contribution in [0.1, 0.15) is 29.9 Å². The lowest BCUT2D eigenvalue weighted by atomic mass is 10.1. The summed E-state index contributed by atoms with van der Waals surface area (Å²) < 4.78 is 16.6. The van der Waals surface area contributed by atoms with E-state index in [2.05, 4.69) is 51.4 Å². The van der Waals surface area contributed by atoms with Crippen LogP contribution in [0.5, 0.6) is 11.5 Å². The van der Waals surface area contributed by atoms with E-state index >= 15 is 0 Å². The van der Waals surface area contributed by atoms with Gasteiger partial charge in [0.1, 0.15) is 17.3 Å². The molecule has 0 radical (unpaired) electrons. The molecule has 0 spiro atoms. The number of benzene rings is 2. The van der Waals surface area contributed by atoms with Crippen LogP contribution in [-0.2, 0) is 12.8 Å². The molecule has 1 aromatic heterocycles. The van der Waals surface area contributed by atoms with Crippen LogP contribution in [-0.4, -0.2) is 56.5 Å². The fraction of sp³-hybridized carbons (Fsp3) is 0.444. The molecule has 2 heterocycles. The number of aryl methyl sites for hydroxylation is 3. The molecule has 6 heteroatoms. The first-order valence-corrected chi connectivity index (χ1v) is 12.0. The molecular formula is C27H35N3O3. The van der Waals surface area contributed by atoms with Crippen molar-refractivity contribution in [2.75, 3.05) is 51.3 Å². The normalized spacial score (nSPS) is 14.4. The van der Waals surface area contributed by atoms with E-state index in [4.69, 9.17) is 14.0 Å². The van der Waals surface area contributed by atoms with Gasteiger partial charge in [0.2, 0.25) is 0 Å². The van der Waals surface area contributed by atoms with Crippen molar-refractivity contribution in [3.8, 4) is 11.5 Å².